The van der Waals surface area contributed by atoms with E-state index in [2.05, 4.69) is 69.1 Å². The molecule has 0 atom stereocenters. The summed E-state index contributed by atoms with van der Waals surface area (Å²) in [7, 11) is 0. The van der Waals surface area contributed by atoms with Gasteiger partial charge >= 0.3 is 0 Å². The Morgan fingerprint density at radius 2 is 1.13 bits per heavy atom. The normalized spacial score (nSPS) is 17.6. The first-order valence-electron chi connectivity index (χ1n) is 17.8. The Hall–Kier alpha value is -2.85. The number of morpholine rings is 3. The zero-order valence-corrected chi connectivity index (χ0v) is 28.8. The lowest BCUT2D eigenvalue weighted by molar-refractivity contribution is 0.0322. The third kappa shape index (κ3) is 16.2. The molecule has 0 aliphatic carbocycles. The van der Waals surface area contributed by atoms with E-state index in [9.17, 15) is 0 Å². The molecule has 3 aliphatic heterocycles. The second-order valence-corrected chi connectivity index (χ2v) is 12.2. The predicted molar refractivity (Wildman–Crippen MR) is 190 cm³/mol. The Labute approximate surface area is 284 Å². The van der Waals surface area contributed by atoms with E-state index in [1.807, 2.05) is 36.5 Å². The van der Waals surface area contributed by atoms with Crippen molar-refractivity contribution in [2.24, 2.45) is 0 Å². The summed E-state index contributed by atoms with van der Waals surface area (Å²) >= 11 is 0. The van der Waals surface area contributed by atoms with Crippen molar-refractivity contribution in [2.45, 2.75) is 39.0 Å². The fraction of sp³-hybridized carbons (Fsp3) is 0.564. The van der Waals surface area contributed by atoms with Crippen LogP contribution in [-0.2, 0) is 33.5 Å². The van der Waals surface area contributed by atoms with Gasteiger partial charge in [-0.05, 0) is 61.6 Å². The lowest BCUT2D eigenvalue weighted by atomic mass is 10.1. The number of ether oxygens (including phenoxy) is 4. The molecule has 2 aromatic carbocycles. The van der Waals surface area contributed by atoms with Crippen LogP contribution in [0.5, 0.6) is 5.75 Å². The van der Waals surface area contributed by atoms with Crippen molar-refractivity contribution in [1.29, 1.82) is 0 Å². The van der Waals surface area contributed by atoms with Gasteiger partial charge in [-0.15, -0.1) is 0 Å². The molecule has 1 aromatic heterocycles. The molecule has 8 heteroatoms. The maximum Gasteiger partial charge on any atom is 0.119 e. The molecule has 0 N–H and O–H groups in total. The topological polar surface area (TPSA) is 59.5 Å². The van der Waals surface area contributed by atoms with E-state index in [1.165, 1.54) is 42.6 Å². The van der Waals surface area contributed by atoms with E-state index in [4.69, 9.17) is 18.9 Å². The number of pyridine rings is 1. The molecule has 47 heavy (non-hydrogen) atoms. The number of aryl methyl sites for hydroxylation is 2. The standard InChI is InChI=1S/C14H21NO.C13H20N2O.C12H17NO2/c1-2-6-14(7-3-1)8-4-5-9-15-10-12-16-13-11-15;1-2-12-3-4-13(14-11-12)5-6-15-7-9-16-10-8-15;1-2-4-12(5-3-1)15-11-8-13-6-9-14-10-7-13/h1-3,6-7H,4-5,8-13H2;3-4,11H,2,5-10H2,1H3;1-5H,6-11H2. The lowest BCUT2D eigenvalue weighted by Crippen LogP contribution is -2.38. The molecule has 3 aliphatic rings. The lowest BCUT2D eigenvalue weighted by Gasteiger charge is -2.26. The van der Waals surface area contributed by atoms with Crippen molar-refractivity contribution in [1.82, 2.24) is 19.7 Å². The molecule has 0 saturated carbocycles. The van der Waals surface area contributed by atoms with Gasteiger partial charge in [0.2, 0.25) is 0 Å². The summed E-state index contributed by atoms with van der Waals surface area (Å²) in [6.45, 7) is 17.9. The van der Waals surface area contributed by atoms with Gasteiger partial charge in [-0.1, -0.05) is 61.5 Å². The van der Waals surface area contributed by atoms with E-state index in [0.29, 0.717) is 0 Å². The fourth-order valence-corrected chi connectivity index (χ4v) is 5.68. The number of hydrogen-bond acceptors (Lipinski definition) is 8. The number of aromatic nitrogens is 1. The van der Waals surface area contributed by atoms with E-state index >= 15 is 0 Å². The molecule has 0 amide bonds. The minimum atomic E-state index is 0.754. The molecule has 258 valence electrons. The average Bonchev–Trinajstić information content (AvgIpc) is 3.15. The molecule has 4 heterocycles. The Morgan fingerprint density at radius 3 is 1.68 bits per heavy atom. The van der Waals surface area contributed by atoms with Crippen molar-refractivity contribution >= 4 is 0 Å². The van der Waals surface area contributed by atoms with Crippen LogP contribution in [0.2, 0.25) is 0 Å². The van der Waals surface area contributed by atoms with Gasteiger partial charge in [-0.2, -0.15) is 0 Å². The molecule has 8 nitrogen and oxygen atoms in total. The van der Waals surface area contributed by atoms with E-state index < -0.39 is 0 Å². The van der Waals surface area contributed by atoms with E-state index in [-0.39, 0.29) is 0 Å². The van der Waals surface area contributed by atoms with Crippen LogP contribution in [-0.4, -0.2) is 125 Å². The highest BCUT2D eigenvalue weighted by atomic mass is 16.5. The summed E-state index contributed by atoms with van der Waals surface area (Å²) in [6.07, 6.45) is 7.91. The SMILES string of the molecule is CCc1ccc(CCN2CCOCC2)nc1.c1ccc(CCCCN2CCOCC2)cc1.c1ccc(OCCN2CCOCC2)cc1. The first kappa shape index (κ1) is 37.0. The third-order valence-corrected chi connectivity index (χ3v) is 8.74. The highest BCUT2D eigenvalue weighted by Crippen LogP contribution is 2.09. The second-order valence-electron chi connectivity index (χ2n) is 12.2. The Morgan fingerprint density at radius 1 is 0.574 bits per heavy atom. The summed E-state index contributed by atoms with van der Waals surface area (Å²) in [4.78, 5) is 11.8. The predicted octanol–water partition coefficient (Wildman–Crippen LogP) is 5.26. The van der Waals surface area contributed by atoms with Crippen LogP contribution >= 0.6 is 0 Å². The van der Waals surface area contributed by atoms with Gasteiger partial charge in [0.25, 0.3) is 0 Å². The molecule has 0 unspecified atom stereocenters. The molecule has 0 spiro atoms. The van der Waals surface area contributed by atoms with Crippen LogP contribution in [0.4, 0.5) is 0 Å². The molecule has 0 bridgehead atoms. The minimum Gasteiger partial charge on any atom is -0.492 e. The van der Waals surface area contributed by atoms with Crippen LogP contribution in [0, 0.1) is 0 Å². The van der Waals surface area contributed by atoms with Gasteiger partial charge in [-0.25, -0.2) is 0 Å². The van der Waals surface area contributed by atoms with Gasteiger partial charge < -0.3 is 18.9 Å². The molecular formula is C39H58N4O4. The number of hydrogen-bond donors (Lipinski definition) is 0. The van der Waals surface area contributed by atoms with Crippen molar-refractivity contribution in [3.8, 4) is 5.75 Å². The van der Waals surface area contributed by atoms with Crippen molar-refractivity contribution < 1.29 is 18.9 Å². The molecule has 0 radical (unpaired) electrons. The molecule has 6 rings (SSSR count). The number of benzene rings is 2. The maximum absolute atomic E-state index is 5.63. The Balaban J connectivity index is 0.000000160. The van der Waals surface area contributed by atoms with E-state index in [0.717, 1.165) is 117 Å². The number of unbranched alkanes of at least 4 members (excludes halogenated alkanes) is 1. The Kier molecular flexibility index (Phi) is 18.5. The van der Waals surface area contributed by atoms with Crippen LogP contribution in [0.25, 0.3) is 0 Å². The van der Waals surface area contributed by atoms with E-state index in [1.54, 1.807) is 0 Å². The van der Waals surface area contributed by atoms with Crippen molar-refractivity contribution in [2.75, 3.05) is 105 Å². The van der Waals surface area contributed by atoms with Crippen LogP contribution in [0.3, 0.4) is 0 Å². The van der Waals surface area contributed by atoms with Crippen LogP contribution in [0.1, 0.15) is 36.6 Å². The van der Waals surface area contributed by atoms with Crippen LogP contribution in [0.15, 0.2) is 79.0 Å². The smallest absolute Gasteiger partial charge is 0.119 e. The maximum atomic E-state index is 5.63. The van der Waals surface area contributed by atoms with Gasteiger partial charge in [0.05, 0.1) is 39.6 Å². The highest BCUT2D eigenvalue weighted by molar-refractivity contribution is 5.21. The molecule has 3 saturated heterocycles. The number of rotatable bonds is 13. The monoisotopic (exact) mass is 646 g/mol. The summed E-state index contributed by atoms with van der Waals surface area (Å²) in [5.41, 5.74) is 3.98. The third-order valence-electron chi connectivity index (χ3n) is 8.74. The highest BCUT2D eigenvalue weighted by Gasteiger charge is 2.11. The average molecular weight is 647 g/mol. The summed E-state index contributed by atoms with van der Waals surface area (Å²) in [6, 6.07) is 25.0. The zero-order chi connectivity index (χ0) is 32.6. The zero-order valence-electron chi connectivity index (χ0n) is 28.8. The molecule has 3 aromatic rings. The molecular weight excluding hydrogens is 588 g/mol. The number of nitrogens with zero attached hydrogens (tertiary/aromatic N) is 4. The fourth-order valence-electron chi connectivity index (χ4n) is 5.68. The quantitative estimate of drug-likeness (QED) is 0.233. The van der Waals surface area contributed by atoms with Crippen LogP contribution < -0.4 is 4.74 Å². The molecule has 3 fully saturated rings. The minimum absolute atomic E-state index is 0.754. The first-order valence-corrected chi connectivity index (χ1v) is 17.8. The van der Waals surface area contributed by atoms with Gasteiger partial charge in [0.15, 0.2) is 0 Å². The van der Waals surface area contributed by atoms with Crippen molar-refractivity contribution in [3.63, 3.8) is 0 Å². The first-order chi connectivity index (χ1) is 23.3. The Bertz CT molecular complexity index is 1150. The summed E-state index contributed by atoms with van der Waals surface area (Å²) < 4.78 is 21.6. The van der Waals surface area contributed by atoms with Gasteiger partial charge in [-0.3, -0.25) is 19.7 Å². The second kappa shape index (κ2) is 23.5. The van der Waals surface area contributed by atoms with Gasteiger partial charge in [0.1, 0.15) is 12.4 Å². The van der Waals surface area contributed by atoms with Gasteiger partial charge in [0, 0.05) is 70.7 Å². The number of para-hydroxylation sites is 1. The summed E-state index contributed by atoms with van der Waals surface area (Å²) in [5.74, 6) is 0.950. The largest absolute Gasteiger partial charge is 0.492 e. The summed E-state index contributed by atoms with van der Waals surface area (Å²) in [5, 5.41) is 0. The van der Waals surface area contributed by atoms with Crippen molar-refractivity contribution in [3.05, 3.63) is 95.8 Å².